The van der Waals surface area contributed by atoms with E-state index in [0.717, 1.165) is 18.4 Å². The summed E-state index contributed by atoms with van der Waals surface area (Å²) in [5.74, 6) is 6.33. The largest absolute Gasteiger partial charge is 0.390 e. The second-order valence-corrected chi connectivity index (χ2v) is 9.74. The molecule has 1 aliphatic rings. The Balaban J connectivity index is 1.73. The summed E-state index contributed by atoms with van der Waals surface area (Å²) in [6, 6.07) is 12.5. The van der Waals surface area contributed by atoms with Crippen LogP contribution in [0.25, 0.3) is 0 Å². The first kappa shape index (κ1) is 28.4. The SMILES string of the molecule is CCCN(CCC)C(=O)c1cc(C(=O)N[C@@H](Cc2ccccc2)[C@H](O)CNCC#CC2CC2)cc(C)n1. The number of aliphatic hydroxyl groups excluding tert-OH is 1. The van der Waals surface area contributed by atoms with E-state index in [2.05, 4.69) is 27.5 Å². The molecule has 3 rings (SSSR count). The van der Waals surface area contributed by atoms with Gasteiger partial charge in [0.1, 0.15) is 5.69 Å². The van der Waals surface area contributed by atoms with Crippen molar-refractivity contribution in [3.8, 4) is 11.8 Å². The lowest BCUT2D eigenvalue weighted by Gasteiger charge is -2.25. The Morgan fingerprint density at radius 3 is 2.49 bits per heavy atom. The van der Waals surface area contributed by atoms with E-state index in [0.29, 0.717) is 49.8 Å². The predicted molar refractivity (Wildman–Crippen MR) is 146 cm³/mol. The minimum atomic E-state index is -0.819. The minimum Gasteiger partial charge on any atom is -0.390 e. The number of aliphatic hydroxyl groups is 1. The molecule has 2 atom stereocenters. The van der Waals surface area contributed by atoms with Gasteiger partial charge in [0.25, 0.3) is 11.8 Å². The van der Waals surface area contributed by atoms with Gasteiger partial charge in [0.05, 0.1) is 18.7 Å². The summed E-state index contributed by atoms with van der Waals surface area (Å²) in [5.41, 5.74) is 2.23. The summed E-state index contributed by atoms with van der Waals surface area (Å²) in [6.45, 7) is 7.94. The average Bonchev–Trinajstić information content (AvgIpc) is 3.72. The molecule has 1 aromatic heterocycles. The van der Waals surface area contributed by atoms with Crippen molar-refractivity contribution >= 4 is 11.8 Å². The number of aromatic nitrogens is 1. The molecule has 1 saturated carbocycles. The van der Waals surface area contributed by atoms with Gasteiger partial charge in [0.2, 0.25) is 0 Å². The van der Waals surface area contributed by atoms with Crippen LogP contribution in [0.2, 0.25) is 0 Å². The van der Waals surface area contributed by atoms with E-state index in [1.807, 2.05) is 44.2 Å². The molecule has 3 N–H and O–H groups in total. The van der Waals surface area contributed by atoms with Gasteiger partial charge in [-0.2, -0.15) is 0 Å². The van der Waals surface area contributed by atoms with Crippen LogP contribution in [0.4, 0.5) is 0 Å². The molecule has 1 aromatic carbocycles. The smallest absolute Gasteiger partial charge is 0.272 e. The van der Waals surface area contributed by atoms with Crippen LogP contribution >= 0.6 is 0 Å². The fourth-order valence-corrected chi connectivity index (χ4v) is 4.18. The van der Waals surface area contributed by atoms with E-state index >= 15 is 0 Å². The highest BCUT2D eigenvalue weighted by atomic mass is 16.3. The van der Waals surface area contributed by atoms with Gasteiger partial charge < -0.3 is 20.6 Å². The highest BCUT2D eigenvalue weighted by Crippen LogP contribution is 2.27. The first-order valence-corrected chi connectivity index (χ1v) is 13.4. The zero-order valence-electron chi connectivity index (χ0n) is 22.3. The van der Waals surface area contributed by atoms with Crippen molar-refractivity contribution in [1.29, 1.82) is 0 Å². The molecule has 1 fully saturated rings. The van der Waals surface area contributed by atoms with E-state index in [4.69, 9.17) is 0 Å². The molecule has 1 heterocycles. The third-order valence-corrected chi connectivity index (χ3v) is 6.24. The predicted octanol–water partition coefficient (Wildman–Crippen LogP) is 3.36. The molecule has 0 radical (unpaired) electrons. The molecule has 2 aromatic rings. The zero-order valence-corrected chi connectivity index (χ0v) is 22.3. The van der Waals surface area contributed by atoms with Crippen LogP contribution in [-0.4, -0.2) is 65.1 Å². The molecule has 0 aliphatic heterocycles. The maximum atomic E-state index is 13.3. The molecule has 37 heavy (non-hydrogen) atoms. The highest BCUT2D eigenvalue weighted by molar-refractivity contribution is 5.98. The van der Waals surface area contributed by atoms with Crippen molar-refractivity contribution in [2.24, 2.45) is 5.92 Å². The van der Waals surface area contributed by atoms with Crippen LogP contribution < -0.4 is 10.6 Å². The molecular weight excluding hydrogens is 464 g/mol. The van der Waals surface area contributed by atoms with Crippen molar-refractivity contribution in [2.75, 3.05) is 26.2 Å². The normalized spacial score (nSPS) is 14.3. The van der Waals surface area contributed by atoms with Crippen molar-refractivity contribution in [3.63, 3.8) is 0 Å². The lowest BCUT2D eigenvalue weighted by molar-refractivity contribution is 0.0749. The van der Waals surface area contributed by atoms with Gasteiger partial charge in [0, 0.05) is 36.8 Å². The second-order valence-electron chi connectivity index (χ2n) is 9.74. The standard InChI is InChI=1S/C30H40N4O3/c1-4-16-34(17-5-2)30(37)27-20-25(18-22(3)32-27)29(36)33-26(19-24-10-7-6-8-11-24)28(35)21-31-15-9-12-23-13-14-23/h6-8,10-11,18,20,23,26,28,31,35H,4-5,13-17,19,21H2,1-3H3,(H,33,36)/t26-,28+/m0/s1. The number of carbonyl (C=O) groups excluding carboxylic acids is 2. The third kappa shape index (κ3) is 9.31. The van der Waals surface area contributed by atoms with Gasteiger partial charge in [-0.3, -0.25) is 9.59 Å². The van der Waals surface area contributed by atoms with E-state index < -0.39 is 12.1 Å². The first-order valence-electron chi connectivity index (χ1n) is 13.4. The number of benzene rings is 1. The fraction of sp³-hybridized carbons (Fsp3) is 0.500. The number of hydrogen-bond donors (Lipinski definition) is 3. The van der Waals surface area contributed by atoms with Crippen LogP contribution in [0.3, 0.4) is 0 Å². The minimum absolute atomic E-state index is 0.168. The number of rotatable bonds is 13. The van der Waals surface area contributed by atoms with Crippen LogP contribution in [0.15, 0.2) is 42.5 Å². The molecule has 2 amide bonds. The van der Waals surface area contributed by atoms with Gasteiger partial charge in [-0.15, -0.1) is 0 Å². The molecule has 198 valence electrons. The summed E-state index contributed by atoms with van der Waals surface area (Å²) in [7, 11) is 0. The van der Waals surface area contributed by atoms with E-state index in [1.165, 1.54) is 12.8 Å². The lowest BCUT2D eigenvalue weighted by atomic mass is 10.0. The summed E-state index contributed by atoms with van der Waals surface area (Å²) >= 11 is 0. The number of hydrogen-bond acceptors (Lipinski definition) is 5. The van der Waals surface area contributed by atoms with Crippen LogP contribution in [0, 0.1) is 24.7 Å². The second kappa shape index (κ2) is 14.5. The number of aryl methyl sites for hydroxylation is 1. The maximum Gasteiger partial charge on any atom is 0.272 e. The third-order valence-electron chi connectivity index (χ3n) is 6.24. The Labute approximate surface area is 221 Å². The zero-order chi connectivity index (χ0) is 26.6. The quantitative estimate of drug-likeness (QED) is 0.287. The summed E-state index contributed by atoms with van der Waals surface area (Å²) in [6.07, 6.45) is 3.71. The van der Waals surface area contributed by atoms with Crippen molar-refractivity contribution in [1.82, 2.24) is 20.5 Å². The van der Waals surface area contributed by atoms with Gasteiger partial charge in [-0.1, -0.05) is 56.0 Å². The molecule has 0 spiro atoms. The molecule has 1 aliphatic carbocycles. The maximum absolute atomic E-state index is 13.3. The van der Waals surface area contributed by atoms with Crippen LogP contribution in [-0.2, 0) is 6.42 Å². The molecule has 0 bridgehead atoms. The molecular formula is C30H40N4O3. The van der Waals surface area contributed by atoms with E-state index in [-0.39, 0.29) is 17.5 Å². The topological polar surface area (TPSA) is 94.6 Å². The Bertz CT molecular complexity index is 1080. The van der Waals surface area contributed by atoms with Crippen molar-refractivity contribution in [2.45, 2.75) is 65.0 Å². The molecule has 7 nitrogen and oxygen atoms in total. The number of nitrogens with one attached hydrogen (secondary N) is 2. The van der Waals surface area contributed by atoms with E-state index in [1.54, 1.807) is 24.0 Å². The Morgan fingerprint density at radius 2 is 1.84 bits per heavy atom. The fourth-order valence-electron chi connectivity index (χ4n) is 4.18. The highest BCUT2D eigenvalue weighted by Gasteiger charge is 2.24. The Morgan fingerprint density at radius 1 is 1.14 bits per heavy atom. The number of pyridine rings is 1. The van der Waals surface area contributed by atoms with Crippen molar-refractivity contribution < 1.29 is 14.7 Å². The number of amides is 2. The molecule has 7 heteroatoms. The van der Waals surface area contributed by atoms with E-state index in [9.17, 15) is 14.7 Å². The summed E-state index contributed by atoms with van der Waals surface area (Å²) in [5, 5.41) is 17.2. The summed E-state index contributed by atoms with van der Waals surface area (Å²) in [4.78, 5) is 32.6. The van der Waals surface area contributed by atoms with Crippen LogP contribution in [0.5, 0.6) is 0 Å². The molecule has 0 unspecified atom stereocenters. The number of nitrogens with zero attached hydrogens (tertiary/aromatic N) is 2. The van der Waals surface area contributed by atoms with Gasteiger partial charge >= 0.3 is 0 Å². The summed E-state index contributed by atoms with van der Waals surface area (Å²) < 4.78 is 0. The van der Waals surface area contributed by atoms with Gasteiger partial charge in [-0.25, -0.2) is 4.98 Å². The van der Waals surface area contributed by atoms with Crippen molar-refractivity contribution in [3.05, 3.63) is 65.0 Å². The van der Waals surface area contributed by atoms with Gasteiger partial charge in [-0.05, 0) is 56.7 Å². The van der Waals surface area contributed by atoms with Crippen LogP contribution in [0.1, 0.15) is 71.6 Å². The lowest BCUT2D eigenvalue weighted by Crippen LogP contribution is -2.48. The Hall–Kier alpha value is -3.21. The molecule has 0 saturated heterocycles. The first-order chi connectivity index (χ1) is 17.9. The monoisotopic (exact) mass is 504 g/mol. The number of carbonyl (C=O) groups is 2. The average molecular weight is 505 g/mol. The Kier molecular flexibility index (Phi) is 11.1. The van der Waals surface area contributed by atoms with Gasteiger partial charge in [0.15, 0.2) is 0 Å².